The van der Waals surface area contributed by atoms with Crippen LogP contribution in [-0.4, -0.2) is 47.5 Å². The number of amides is 3. The number of aromatic nitrogens is 1. The van der Waals surface area contributed by atoms with Gasteiger partial charge in [-0.1, -0.05) is 12.1 Å². The summed E-state index contributed by atoms with van der Waals surface area (Å²) < 4.78 is 0. The molecule has 0 radical (unpaired) electrons. The molecule has 28 heavy (non-hydrogen) atoms. The van der Waals surface area contributed by atoms with Crippen molar-refractivity contribution in [1.82, 2.24) is 20.5 Å². The fraction of sp³-hybridized carbons (Fsp3) is 0.350. The van der Waals surface area contributed by atoms with E-state index in [9.17, 15) is 9.59 Å². The molecule has 2 heterocycles. The Morgan fingerprint density at radius 3 is 2.79 bits per heavy atom. The van der Waals surface area contributed by atoms with Crippen molar-refractivity contribution in [1.29, 1.82) is 0 Å². The Morgan fingerprint density at radius 1 is 1.25 bits per heavy atom. The number of pyridine rings is 1. The normalized spacial score (nSPS) is 16.2. The minimum absolute atomic E-state index is 0. The van der Waals surface area contributed by atoms with Crippen LogP contribution in [-0.2, 0) is 0 Å². The number of carbonyl (C=O) groups excluding carboxylic acids is 2. The Balaban J connectivity index is 0.00000280. The molecular weight excluding hydrogens is 378 g/mol. The fourth-order valence-corrected chi connectivity index (χ4v) is 3.14. The van der Waals surface area contributed by atoms with Gasteiger partial charge in [0.25, 0.3) is 5.91 Å². The van der Waals surface area contributed by atoms with Crippen molar-refractivity contribution < 1.29 is 9.59 Å². The first-order chi connectivity index (χ1) is 13.0. The van der Waals surface area contributed by atoms with Crippen LogP contribution in [0, 0.1) is 0 Å². The molecule has 7 nitrogen and oxygen atoms in total. The molecule has 1 saturated heterocycles. The van der Waals surface area contributed by atoms with E-state index in [1.54, 1.807) is 36.7 Å². The molecule has 3 rings (SSSR count). The molecule has 1 fully saturated rings. The van der Waals surface area contributed by atoms with Gasteiger partial charge in [0.15, 0.2) is 0 Å². The number of piperazine rings is 1. The smallest absolute Gasteiger partial charge is 0.319 e. The highest BCUT2D eigenvalue weighted by molar-refractivity contribution is 5.97. The average molecular weight is 404 g/mol. The van der Waals surface area contributed by atoms with E-state index in [1.165, 1.54) is 0 Å². The SMILES string of the molecule is CC(C)NC(=O)Nc1cccc(C(=O)N2CCNCC2c2cccnc2)c1.Cl. The third kappa shape index (κ3) is 5.43. The first kappa shape index (κ1) is 21.7. The molecule has 0 spiro atoms. The summed E-state index contributed by atoms with van der Waals surface area (Å²) in [6.45, 7) is 5.83. The number of urea groups is 1. The van der Waals surface area contributed by atoms with Gasteiger partial charge in [0.1, 0.15) is 0 Å². The third-order valence-corrected chi connectivity index (χ3v) is 4.36. The Bertz CT molecular complexity index is 800. The van der Waals surface area contributed by atoms with E-state index in [0.29, 0.717) is 24.3 Å². The molecular formula is C20H26ClN5O2. The van der Waals surface area contributed by atoms with Gasteiger partial charge in [0.2, 0.25) is 0 Å². The molecule has 0 saturated carbocycles. The van der Waals surface area contributed by atoms with Crippen molar-refractivity contribution in [2.75, 3.05) is 25.0 Å². The zero-order valence-electron chi connectivity index (χ0n) is 16.0. The Hall–Kier alpha value is -2.64. The Labute approximate surface area is 171 Å². The maximum Gasteiger partial charge on any atom is 0.319 e. The monoisotopic (exact) mass is 403 g/mol. The van der Waals surface area contributed by atoms with Crippen molar-refractivity contribution in [2.24, 2.45) is 0 Å². The quantitative estimate of drug-likeness (QED) is 0.732. The zero-order valence-corrected chi connectivity index (χ0v) is 16.8. The van der Waals surface area contributed by atoms with Crippen molar-refractivity contribution in [3.8, 4) is 0 Å². The number of halogens is 1. The van der Waals surface area contributed by atoms with Gasteiger partial charge in [-0.15, -0.1) is 12.4 Å². The van der Waals surface area contributed by atoms with Gasteiger partial charge in [0, 0.05) is 49.3 Å². The molecule has 1 atom stereocenters. The summed E-state index contributed by atoms with van der Waals surface area (Å²) in [6, 6.07) is 10.6. The summed E-state index contributed by atoms with van der Waals surface area (Å²) in [5.41, 5.74) is 2.14. The van der Waals surface area contributed by atoms with E-state index in [2.05, 4.69) is 20.9 Å². The van der Waals surface area contributed by atoms with Crippen molar-refractivity contribution in [3.63, 3.8) is 0 Å². The molecule has 3 amide bonds. The van der Waals surface area contributed by atoms with E-state index in [0.717, 1.165) is 12.1 Å². The average Bonchev–Trinajstić information content (AvgIpc) is 2.67. The van der Waals surface area contributed by atoms with E-state index in [4.69, 9.17) is 0 Å². The molecule has 0 aliphatic carbocycles. The Kier molecular flexibility index (Phi) is 7.78. The first-order valence-corrected chi connectivity index (χ1v) is 9.14. The number of nitrogens with zero attached hydrogens (tertiary/aromatic N) is 2. The fourth-order valence-electron chi connectivity index (χ4n) is 3.14. The van der Waals surface area contributed by atoms with Crippen molar-refractivity contribution in [3.05, 3.63) is 59.9 Å². The van der Waals surface area contributed by atoms with Gasteiger partial charge in [-0.3, -0.25) is 9.78 Å². The maximum absolute atomic E-state index is 13.1. The molecule has 1 aromatic carbocycles. The van der Waals surface area contributed by atoms with Gasteiger partial charge in [-0.05, 0) is 43.7 Å². The Morgan fingerprint density at radius 2 is 2.07 bits per heavy atom. The number of anilines is 1. The topological polar surface area (TPSA) is 86.4 Å². The number of hydrogen-bond donors (Lipinski definition) is 3. The maximum atomic E-state index is 13.1. The van der Waals surface area contributed by atoms with Gasteiger partial charge in [-0.2, -0.15) is 0 Å². The summed E-state index contributed by atoms with van der Waals surface area (Å²) in [6.07, 6.45) is 3.52. The van der Waals surface area contributed by atoms with E-state index in [1.807, 2.05) is 30.9 Å². The van der Waals surface area contributed by atoms with Crippen LogP contribution >= 0.6 is 12.4 Å². The van der Waals surface area contributed by atoms with Crippen LogP contribution in [0.5, 0.6) is 0 Å². The minimum atomic E-state index is -0.287. The van der Waals surface area contributed by atoms with E-state index in [-0.39, 0.29) is 36.4 Å². The predicted molar refractivity (Wildman–Crippen MR) is 112 cm³/mol. The number of benzene rings is 1. The molecule has 0 bridgehead atoms. The molecule has 1 unspecified atom stereocenters. The molecule has 8 heteroatoms. The van der Waals surface area contributed by atoms with Gasteiger partial charge < -0.3 is 20.9 Å². The highest BCUT2D eigenvalue weighted by Crippen LogP contribution is 2.24. The summed E-state index contributed by atoms with van der Waals surface area (Å²) >= 11 is 0. The van der Waals surface area contributed by atoms with Crippen LogP contribution in [0.25, 0.3) is 0 Å². The van der Waals surface area contributed by atoms with Crippen molar-refractivity contribution >= 4 is 30.0 Å². The lowest BCUT2D eigenvalue weighted by Gasteiger charge is -2.36. The summed E-state index contributed by atoms with van der Waals surface area (Å²) in [5, 5.41) is 8.88. The van der Waals surface area contributed by atoms with E-state index >= 15 is 0 Å². The van der Waals surface area contributed by atoms with Crippen LogP contribution in [0.4, 0.5) is 10.5 Å². The van der Waals surface area contributed by atoms with Gasteiger partial charge >= 0.3 is 6.03 Å². The number of hydrogen-bond acceptors (Lipinski definition) is 4. The third-order valence-electron chi connectivity index (χ3n) is 4.36. The lowest BCUT2D eigenvalue weighted by molar-refractivity contribution is 0.0634. The lowest BCUT2D eigenvalue weighted by atomic mass is 10.0. The number of nitrogens with one attached hydrogen (secondary N) is 3. The van der Waals surface area contributed by atoms with Crippen LogP contribution in [0.3, 0.4) is 0 Å². The second-order valence-electron chi connectivity index (χ2n) is 6.84. The second-order valence-corrected chi connectivity index (χ2v) is 6.84. The standard InChI is InChI=1S/C20H25N5O2.ClH/c1-14(2)23-20(27)24-17-7-3-5-15(11-17)19(26)25-10-9-22-13-18(25)16-6-4-8-21-12-16;/h3-8,11-12,14,18,22H,9-10,13H2,1-2H3,(H2,23,24,27);1H. The minimum Gasteiger partial charge on any atom is -0.336 e. The predicted octanol–water partition coefficient (Wildman–Crippen LogP) is 2.82. The van der Waals surface area contributed by atoms with Gasteiger partial charge in [-0.25, -0.2) is 4.79 Å². The highest BCUT2D eigenvalue weighted by atomic mass is 35.5. The second kappa shape index (κ2) is 10.1. The summed E-state index contributed by atoms with van der Waals surface area (Å²) in [5.74, 6) is -0.0572. The summed E-state index contributed by atoms with van der Waals surface area (Å²) in [7, 11) is 0. The molecule has 1 aromatic heterocycles. The largest absolute Gasteiger partial charge is 0.336 e. The molecule has 2 aromatic rings. The van der Waals surface area contributed by atoms with E-state index < -0.39 is 0 Å². The molecule has 1 aliphatic heterocycles. The van der Waals surface area contributed by atoms with Crippen LogP contribution in [0.1, 0.15) is 35.8 Å². The van der Waals surface area contributed by atoms with Gasteiger partial charge in [0.05, 0.1) is 6.04 Å². The van der Waals surface area contributed by atoms with Crippen LogP contribution in [0.15, 0.2) is 48.8 Å². The number of carbonyl (C=O) groups is 2. The van der Waals surface area contributed by atoms with Crippen LogP contribution < -0.4 is 16.0 Å². The first-order valence-electron chi connectivity index (χ1n) is 9.14. The highest BCUT2D eigenvalue weighted by Gasteiger charge is 2.28. The van der Waals surface area contributed by atoms with Crippen LogP contribution in [0.2, 0.25) is 0 Å². The number of rotatable bonds is 4. The molecule has 1 aliphatic rings. The molecule has 150 valence electrons. The lowest BCUT2D eigenvalue weighted by Crippen LogP contribution is -2.48. The zero-order chi connectivity index (χ0) is 19.2. The summed E-state index contributed by atoms with van der Waals surface area (Å²) in [4.78, 5) is 31.1. The van der Waals surface area contributed by atoms with Crippen molar-refractivity contribution in [2.45, 2.75) is 25.9 Å². The molecule has 3 N–H and O–H groups in total.